The van der Waals surface area contributed by atoms with Crippen LogP contribution in [-0.4, -0.2) is 80.5 Å². The summed E-state index contributed by atoms with van der Waals surface area (Å²) < 4.78 is 5.61. The second kappa shape index (κ2) is 17.5. The number of nitrogens with zero attached hydrogens (tertiary/aromatic N) is 5. The number of likely N-dealkylation sites (N-methyl/N-ethyl adjacent to an activating group) is 1. The summed E-state index contributed by atoms with van der Waals surface area (Å²) in [6.07, 6.45) is 8.07. The minimum absolute atomic E-state index is 0.0630. The molecule has 3 heterocycles. The molecule has 0 saturated carbocycles. The van der Waals surface area contributed by atoms with E-state index in [1.165, 1.54) is 19.3 Å². The number of unbranched alkanes of at least 4 members (excludes halogenated alkanes) is 5. The van der Waals surface area contributed by atoms with E-state index in [-0.39, 0.29) is 43.3 Å². The fourth-order valence-corrected chi connectivity index (χ4v) is 7.45. The molecule has 2 aliphatic rings. The van der Waals surface area contributed by atoms with Gasteiger partial charge in [-0.25, -0.2) is 14.8 Å². The van der Waals surface area contributed by atoms with Crippen LogP contribution in [0.4, 0.5) is 4.79 Å². The predicted octanol–water partition coefficient (Wildman–Crippen LogP) is 6.46. The number of hydrogen-bond donors (Lipinski definition) is 1. The number of piperazine rings is 1. The summed E-state index contributed by atoms with van der Waals surface area (Å²) in [5, 5.41) is 7.21. The van der Waals surface area contributed by atoms with Crippen LogP contribution in [-0.2, 0) is 33.9 Å². The number of nitrogens with one attached hydrogen (secondary N) is 1. The Morgan fingerprint density at radius 3 is 2.38 bits per heavy atom. The Morgan fingerprint density at radius 2 is 1.60 bits per heavy atom. The maximum Gasteiger partial charge on any atom is 0.334 e. The number of benzene rings is 3. The van der Waals surface area contributed by atoms with Crippen LogP contribution < -0.4 is 10.1 Å². The molecule has 4 aromatic rings. The topological polar surface area (TPSA) is 115 Å². The van der Waals surface area contributed by atoms with Crippen LogP contribution in [0.25, 0.3) is 10.9 Å². The highest BCUT2D eigenvalue weighted by Gasteiger charge is 2.54. The van der Waals surface area contributed by atoms with E-state index >= 15 is 0 Å². The lowest BCUT2D eigenvalue weighted by molar-refractivity contribution is -0.196. The van der Waals surface area contributed by atoms with E-state index in [1.54, 1.807) is 45.2 Å². The SMILES string of the molecule is CCCCCCCCC(=O)Oc1ccc(C[C@H]2C(=O)N(Cc3cccc4cccnc34)[C@@H](C)C3N2C(=O)CN(C)N3C(=O)NCc2ccccc2)cc1. The van der Waals surface area contributed by atoms with E-state index in [4.69, 9.17) is 4.74 Å². The highest BCUT2D eigenvalue weighted by molar-refractivity contribution is 5.92. The number of amides is 4. The molecule has 0 aliphatic carbocycles. The first-order chi connectivity index (χ1) is 25.7. The maximum absolute atomic E-state index is 14.7. The number of rotatable bonds is 14. The Kier molecular flexibility index (Phi) is 12.4. The summed E-state index contributed by atoms with van der Waals surface area (Å²) in [4.78, 5) is 63.1. The predicted molar refractivity (Wildman–Crippen MR) is 203 cm³/mol. The Morgan fingerprint density at radius 1 is 0.868 bits per heavy atom. The number of pyridine rings is 1. The molecule has 3 atom stereocenters. The lowest BCUT2D eigenvalue weighted by Gasteiger charge is -2.57. The molecular formula is C42H50N6O5. The molecule has 11 heteroatoms. The lowest BCUT2D eigenvalue weighted by Crippen LogP contribution is -2.78. The van der Waals surface area contributed by atoms with Crippen LogP contribution in [0.15, 0.2) is 91.1 Å². The Balaban J connectivity index is 1.25. The zero-order chi connectivity index (χ0) is 37.3. The van der Waals surface area contributed by atoms with Crippen molar-refractivity contribution in [2.24, 2.45) is 0 Å². The van der Waals surface area contributed by atoms with E-state index in [1.807, 2.05) is 79.7 Å². The molecule has 0 radical (unpaired) electrons. The first kappa shape index (κ1) is 37.5. The second-order valence-corrected chi connectivity index (χ2v) is 14.1. The number of hydrogen-bond acceptors (Lipinski definition) is 7. The van der Waals surface area contributed by atoms with Gasteiger partial charge in [-0.15, -0.1) is 0 Å². The highest BCUT2D eigenvalue weighted by atomic mass is 16.5. The fourth-order valence-electron chi connectivity index (χ4n) is 7.45. The molecule has 3 aromatic carbocycles. The summed E-state index contributed by atoms with van der Waals surface area (Å²) in [6.45, 7) is 4.57. The second-order valence-electron chi connectivity index (χ2n) is 14.1. The molecule has 278 valence electrons. The van der Waals surface area contributed by atoms with Crippen molar-refractivity contribution in [2.45, 2.75) is 96.6 Å². The molecule has 2 aliphatic heterocycles. The average molecular weight is 719 g/mol. The van der Waals surface area contributed by atoms with Crippen LogP contribution in [0.3, 0.4) is 0 Å². The third-order valence-corrected chi connectivity index (χ3v) is 10.3. The number of carbonyl (C=O) groups is 4. The number of fused-ring (bicyclic) bond motifs is 2. The van der Waals surface area contributed by atoms with Crippen molar-refractivity contribution in [3.63, 3.8) is 0 Å². The number of para-hydroxylation sites is 1. The van der Waals surface area contributed by atoms with Gasteiger partial charge in [0, 0.05) is 44.6 Å². The number of carbonyl (C=O) groups excluding carboxylic acids is 4. The summed E-state index contributed by atoms with van der Waals surface area (Å²) in [5.41, 5.74) is 3.41. The fraction of sp³-hybridized carbons (Fsp3) is 0.405. The van der Waals surface area contributed by atoms with Crippen molar-refractivity contribution >= 4 is 34.7 Å². The Bertz CT molecular complexity index is 1880. The number of aromatic nitrogens is 1. The number of hydrazine groups is 1. The zero-order valence-corrected chi connectivity index (χ0v) is 30.9. The van der Waals surface area contributed by atoms with Gasteiger partial charge in [-0.05, 0) is 48.2 Å². The van der Waals surface area contributed by atoms with Crippen LogP contribution in [0.5, 0.6) is 5.75 Å². The monoisotopic (exact) mass is 718 g/mol. The lowest BCUT2D eigenvalue weighted by atomic mass is 9.94. The normalized spacial score (nSPS) is 19.0. The third kappa shape index (κ3) is 8.85. The third-order valence-electron chi connectivity index (χ3n) is 10.3. The molecule has 6 rings (SSSR count). The molecule has 1 aromatic heterocycles. The number of esters is 1. The standard InChI is InChI=1S/C42H50N6O5/c1-4-5-6-7-8-12-20-38(50)53-35-23-21-31(22-24-35)26-36-41(51)46(28-34-18-13-17-33-19-14-25-43-39(33)34)30(2)40-47(36)37(49)29-45(3)48(40)42(52)44-27-32-15-10-9-11-16-32/h9-11,13-19,21-25,30,36,40H,4-8,12,20,26-29H2,1-3H3,(H,44,52)/t30-,36-,40?/m0/s1. The van der Waals surface area contributed by atoms with E-state index in [9.17, 15) is 19.2 Å². The molecule has 1 N–H and O–H groups in total. The van der Waals surface area contributed by atoms with Crippen LogP contribution in [0.1, 0.15) is 75.5 Å². The summed E-state index contributed by atoms with van der Waals surface area (Å²) in [7, 11) is 1.72. The van der Waals surface area contributed by atoms with Gasteiger partial charge in [0.05, 0.1) is 18.1 Å². The molecular weight excluding hydrogens is 668 g/mol. The molecule has 1 unspecified atom stereocenters. The van der Waals surface area contributed by atoms with E-state index in [2.05, 4.69) is 17.2 Å². The molecule has 2 fully saturated rings. The zero-order valence-electron chi connectivity index (χ0n) is 30.9. The van der Waals surface area contributed by atoms with Crippen molar-refractivity contribution < 1.29 is 23.9 Å². The van der Waals surface area contributed by atoms with Gasteiger partial charge in [-0.3, -0.25) is 19.4 Å². The maximum atomic E-state index is 14.7. The van der Waals surface area contributed by atoms with Crippen LogP contribution in [0.2, 0.25) is 0 Å². The van der Waals surface area contributed by atoms with Crippen molar-refractivity contribution in [3.05, 3.63) is 108 Å². The van der Waals surface area contributed by atoms with Crippen molar-refractivity contribution in [1.82, 2.24) is 30.1 Å². The number of urea groups is 1. The average Bonchev–Trinajstić information content (AvgIpc) is 3.16. The van der Waals surface area contributed by atoms with Gasteiger partial charge in [0.2, 0.25) is 11.8 Å². The molecule has 4 amide bonds. The molecule has 11 nitrogen and oxygen atoms in total. The minimum Gasteiger partial charge on any atom is -0.427 e. The largest absolute Gasteiger partial charge is 0.427 e. The van der Waals surface area contributed by atoms with Crippen molar-refractivity contribution in [3.8, 4) is 5.75 Å². The van der Waals surface area contributed by atoms with Crippen LogP contribution >= 0.6 is 0 Å². The molecule has 0 bridgehead atoms. The van der Waals surface area contributed by atoms with Gasteiger partial charge in [-0.1, -0.05) is 106 Å². The van der Waals surface area contributed by atoms with Gasteiger partial charge in [-0.2, -0.15) is 0 Å². The first-order valence-corrected chi connectivity index (χ1v) is 18.8. The summed E-state index contributed by atoms with van der Waals surface area (Å²) in [5.74, 6) is -0.270. The van der Waals surface area contributed by atoms with Crippen molar-refractivity contribution in [1.29, 1.82) is 0 Å². The molecule has 2 saturated heterocycles. The van der Waals surface area contributed by atoms with E-state index < -0.39 is 18.2 Å². The van der Waals surface area contributed by atoms with Gasteiger partial charge >= 0.3 is 12.0 Å². The highest BCUT2D eigenvalue weighted by Crippen LogP contribution is 2.33. The first-order valence-electron chi connectivity index (χ1n) is 18.8. The summed E-state index contributed by atoms with van der Waals surface area (Å²) in [6, 6.07) is 24.7. The molecule has 0 spiro atoms. The Labute approximate surface area is 311 Å². The van der Waals surface area contributed by atoms with Crippen molar-refractivity contribution in [2.75, 3.05) is 13.6 Å². The van der Waals surface area contributed by atoms with Gasteiger partial charge in [0.25, 0.3) is 0 Å². The van der Waals surface area contributed by atoms with Gasteiger partial charge in [0.1, 0.15) is 18.0 Å². The number of ether oxygens (including phenoxy) is 1. The minimum atomic E-state index is -0.883. The molecule has 53 heavy (non-hydrogen) atoms. The Hall–Kier alpha value is -5.29. The van der Waals surface area contributed by atoms with Gasteiger partial charge < -0.3 is 19.9 Å². The van der Waals surface area contributed by atoms with Gasteiger partial charge in [0.15, 0.2) is 0 Å². The van der Waals surface area contributed by atoms with E-state index in [0.29, 0.717) is 18.7 Å². The van der Waals surface area contributed by atoms with E-state index in [0.717, 1.165) is 46.9 Å². The smallest absolute Gasteiger partial charge is 0.334 e. The summed E-state index contributed by atoms with van der Waals surface area (Å²) >= 11 is 0. The van der Waals surface area contributed by atoms with Crippen LogP contribution in [0, 0.1) is 0 Å². The quantitative estimate of drug-likeness (QED) is 0.0905.